The number of rotatable bonds is 5. The Kier molecular flexibility index (Phi) is 5.40. The normalized spacial score (nSPS) is 25.4. The Bertz CT molecular complexity index is 425. The van der Waals surface area contributed by atoms with Crippen LogP contribution in [0.3, 0.4) is 0 Å². The van der Waals surface area contributed by atoms with Crippen LogP contribution in [0.4, 0.5) is 0 Å². The van der Waals surface area contributed by atoms with Crippen LogP contribution in [0, 0.1) is 0 Å². The zero-order valence-electron chi connectivity index (χ0n) is 12.7. The Labute approximate surface area is 121 Å². The van der Waals surface area contributed by atoms with E-state index in [1.807, 2.05) is 18.2 Å². The summed E-state index contributed by atoms with van der Waals surface area (Å²) in [5.41, 5.74) is 7.25. The number of para-hydroxylation sites is 1. The van der Waals surface area contributed by atoms with E-state index in [1.165, 1.54) is 5.56 Å². The van der Waals surface area contributed by atoms with E-state index in [1.54, 1.807) is 7.11 Å². The summed E-state index contributed by atoms with van der Waals surface area (Å²) >= 11 is 0. The van der Waals surface area contributed by atoms with E-state index < -0.39 is 0 Å². The van der Waals surface area contributed by atoms with Gasteiger partial charge in [-0.15, -0.1) is 0 Å². The Balaban J connectivity index is 2.29. The van der Waals surface area contributed by atoms with Crippen molar-refractivity contribution in [1.29, 1.82) is 0 Å². The fourth-order valence-electron chi connectivity index (χ4n) is 2.99. The highest BCUT2D eigenvalue weighted by Gasteiger charge is 2.32. The van der Waals surface area contributed by atoms with Gasteiger partial charge in [0.15, 0.2) is 0 Å². The van der Waals surface area contributed by atoms with Crippen molar-refractivity contribution in [2.45, 2.75) is 38.5 Å². The molecule has 1 aromatic rings. The third kappa shape index (κ3) is 3.14. The van der Waals surface area contributed by atoms with Crippen LogP contribution in [0.2, 0.25) is 0 Å². The number of methoxy groups -OCH3 is 1. The van der Waals surface area contributed by atoms with Crippen LogP contribution in [-0.2, 0) is 4.74 Å². The zero-order valence-corrected chi connectivity index (χ0v) is 12.7. The van der Waals surface area contributed by atoms with Gasteiger partial charge in [0.2, 0.25) is 0 Å². The van der Waals surface area contributed by atoms with Gasteiger partial charge in [0.05, 0.1) is 25.9 Å². The molecule has 1 aliphatic rings. The van der Waals surface area contributed by atoms with Crippen LogP contribution < -0.4 is 10.5 Å². The van der Waals surface area contributed by atoms with E-state index >= 15 is 0 Å². The largest absolute Gasteiger partial charge is 0.496 e. The SMILES string of the molecule is CCC1COC(C)CN1C(CN)c1ccccc1OC. The fourth-order valence-corrected chi connectivity index (χ4v) is 2.99. The Morgan fingerprint density at radius 2 is 2.20 bits per heavy atom. The molecule has 0 bridgehead atoms. The lowest BCUT2D eigenvalue weighted by molar-refractivity contribution is -0.0721. The quantitative estimate of drug-likeness (QED) is 0.897. The number of hydrogen-bond acceptors (Lipinski definition) is 4. The van der Waals surface area contributed by atoms with E-state index in [9.17, 15) is 0 Å². The Hall–Kier alpha value is -1.10. The van der Waals surface area contributed by atoms with E-state index in [2.05, 4.69) is 24.8 Å². The smallest absolute Gasteiger partial charge is 0.123 e. The topological polar surface area (TPSA) is 47.7 Å². The molecular weight excluding hydrogens is 252 g/mol. The molecule has 2 rings (SSSR count). The minimum Gasteiger partial charge on any atom is -0.496 e. The lowest BCUT2D eigenvalue weighted by Gasteiger charge is -2.43. The first-order chi connectivity index (χ1) is 9.71. The molecule has 3 unspecified atom stereocenters. The maximum absolute atomic E-state index is 6.08. The lowest BCUT2D eigenvalue weighted by atomic mass is 9.99. The van der Waals surface area contributed by atoms with Crippen molar-refractivity contribution in [3.63, 3.8) is 0 Å². The fraction of sp³-hybridized carbons (Fsp3) is 0.625. The van der Waals surface area contributed by atoms with Gasteiger partial charge in [-0.05, 0) is 19.4 Å². The number of ether oxygens (including phenoxy) is 2. The second kappa shape index (κ2) is 7.07. The number of nitrogens with zero attached hydrogens (tertiary/aromatic N) is 1. The van der Waals surface area contributed by atoms with Gasteiger partial charge in [-0.3, -0.25) is 4.90 Å². The van der Waals surface area contributed by atoms with Crippen molar-refractivity contribution in [3.8, 4) is 5.75 Å². The van der Waals surface area contributed by atoms with Crippen LogP contribution in [0.15, 0.2) is 24.3 Å². The number of hydrogen-bond donors (Lipinski definition) is 1. The standard InChI is InChI=1S/C16H26N2O2/c1-4-13-11-20-12(2)10-18(13)15(9-17)14-7-5-6-8-16(14)19-3/h5-8,12-13,15H,4,9-11,17H2,1-3H3. The monoisotopic (exact) mass is 278 g/mol. The van der Waals surface area contributed by atoms with Crippen LogP contribution >= 0.6 is 0 Å². The van der Waals surface area contributed by atoms with Gasteiger partial charge in [0.25, 0.3) is 0 Å². The van der Waals surface area contributed by atoms with E-state index in [0.29, 0.717) is 12.6 Å². The molecule has 0 amide bonds. The van der Waals surface area contributed by atoms with Gasteiger partial charge in [-0.25, -0.2) is 0 Å². The predicted molar refractivity (Wildman–Crippen MR) is 81.0 cm³/mol. The van der Waals surface area contributed by atoms with Crippen molar-refractivity contribution < 1.29 is 9.47 Å². The van der Waals surface area contributed by atoms with Crippen molar-refractivity contribution in [2.75, 3.05) is 26.8 Å². The number of morpholine rings is 1. The molecule has 1 saturated heterocycles. The van der Waals surface area contributed by atoms with Crippen LogP contribution in [0.25, 0.3) is 0 Å². The first-order valence-corrected chi connectivity index (χ1v) is 7.41. The summed E-state index contributed by atoms with van der Waals surface area (Å²) < 4.78 is 11.3. The van der Waals surface area contributed by atoms with Gasteiger partial charge >= 0.3 is 0 Å². The molecule has 2 N–H and O–H groups in total. The van der Waals surface area contributed by atoms with E-state index in [-0.39, 0.29) is 12.1 Å². The first-order valence-electron chi connectivity index (χ1n) is 7.41. The van der Waals surface area contributed by atoms with Crippen molar-refractivity contribution in [3.05, 3.63) is 29.8 Å². The van der Waals surface area contributed by atoms with Crippen LogP contribution in [-0.4, -0.2) is 43.9 Å². The molecule has 1 heterocycles. The molecule has 0 aliphatic carbocycles. The molecule has 0 radical (unpaired) electrons. The van der Waals surface area contributed by atoms with Gasteiger partial charge in [-0.2, -0.15) is 0 Å². The average Bonchev–Trinajstić information content (AvgIpc) is 2.49. The summed E-state index contributed by atoms with van der Waals surface area (Å²) in [6, 6.07) is 8.76. The summed E-state index contributed by atoms with van der Waals surface area (Å²) in [6.07, 6.45) is 1.32. The summed E-state index contributed by atoms with van der Waals surface area (Å²) in [7, 11) is 1.71. The maximum atomic E-state index is 6.08. The average molecular weight is 278 g/mol. The molecule has 1 aromatic carbocycles. The maximum Gasteiger partial charge on any atom is 0.123 e. The van der Waals surface area contributed by atoms with Gasteiger partial charge < -0.3 is 15.2 Å². The molecule has 3 atom stereocenters. The first kappa shape index (κ1) is 15.3. The highest BCUT2D eigenvalue weighted by Crippen LogP contribution is 2.32. The van der Waals surface area contributed by atoms with Gasteiger partial charge in [0, 0.05) is 24.7 Å². The lowest BCUT2D eigenvalue weighted by Crippen LogP contribution is -2.51. The van der Waals surface area contributed by atoms with Crippen molar-refractivity contribution in [1.82, 2.24) is 4.90 Å². The third-order valence-electron chi connectivity index (χ3n) is 4.10. The molecule has 0 spiro atoms. The minimum absolute atomic E-state index is 0.183. The highest BCUT2D eigenvalue weighted by molar-refractivity contribution is 5.36. The molecule has 4 heteroatoms. The molecule has 1 fully saturated rings. The van der Waals surface area contributed by atoms with Crippen molar-refractivity contribution in [2.24, 2.45) is 5.73 Å². The van der Waals surface area contributed by atoms with Gasteiger partial charge in [-0.1, -0.05) is 25.1 Å². The zero-order chi connectivity index (χ0) is 14.5. The molecule has 112 valence electrons. The van der Waals surface area contributed by atoms with Crippen molar-refractivity contribution >= 4 is 0 Å². The predicted octanol–water partition coefficient (Wildman–Crippen LogP) is 2.19. The molecule has 0 saturated carbocycles. The molecule has 0 aromatic heterocycles. The summed E-state index contributed by atoms with van der Waals surface area (Å²) in [5, 5.41) is 0. The van der Waals surface area contributed by atoms with Gasteiger partial charge in [0.1, 0.15) is 5.75 Å². The number of benzene rings is 1. The second-order valence-electron chi connectivity index (χ2n) is 5.40. The summed E-state index contributed by atoms with van der Waals surface area (Å²) in [4.78, 5) is 2.48. The van der Waals surface area contributed by atoms with E-state index in [0.717, 1.165) is 25.3 Å². The molecule has 1 aliphatic heterocycles. The third-order valence-corrected chi connectivity index (χ3v) is 4.10. The second-order valence-corrected chi connectivity index (χ2v) is 5.40. The van der Waals surface area contributed by atoms with Crippen LogP contribution in [0.5, 0.6) is 5.75 Å². The van der Waals surface area contributed by atoms with Crippen LogP contribution in [0.1, 0.15) is 31.9 Å². The Morgan fingerprint density at radius 1 is 1.45 bits per heavy atom. The molecule has 20 heavy (non-hydrogen) atoms. The molecular formula is C16H26N2O2. The molecule has 4 nitrogen and oxygen atoms in total. The number of nitrogens with two attached hydrogens (primary N) is 1. The summed E-state index contributed by atoms with van der Waals surface area (Å²) in [6.45, 7) is 6.60. The van der Waals surface area contributed by atoms with E-state index in [4.69, 9.17) is 15.2 Å². The summed E-state index contributed by atoms with van der Waals surface area (Å²) in [5.74, 6) is 0.914. The minimum atomic E-state index is 0.183. The Morgan fingerprint density at radius 3 is 2.85 bits per heavy atom. The highest BCUT2D eigenvalue weighted by atomic mass is 16.5.